The van der Waals surface area contributed by atoms with Crippen molar-refractivity contribution < 1.29 is 9.90 Å². The molecule has 1 N–H and O–H groups in total. The van der Waals surface area contributed by atoms with Gasteiger partial charge in [-0.2, -0.15) is 0 Å². The minimum absolute atomic E-state index is 0.159. The van der Waals surface area contributed by atoms with Gasteiger partial charge in [0.05, 0.1) is 5.56 Å². The summed E-state index contributed by atoms with van der Waals surface area (Å²) in [5.74, 6) is 1.37. The zero-order chi connectivity index (χ0) is 9.14. The van der Waals surface area contributed by atoms with E-state index in [0.717, 1.165) is 0 Å². The van der Waals surface area contributed by atoms with E-state index in [2.05, 4.69) is 10.9 Å². The summed E-state index contributed by atoms with van der Waals surface area (Å²) in [4.78, 5) is 14.3. The number of nitrogens with zero attached hydrogens (tertiary/aromatic N) is 1. The Balaban J connectivity index is 3.21. The molecule has 0 aliphatic rings. The highest BCUT2D eigenvalue weighted by molar-refractivity contribution is 5.87. The van der Waals surface area contributed by atoms with Gasteiger partial charge in [-0.3, -0.25) is 0 Å². The predicted octanol–water partition coefficient (Wildman–Crippen LogP) is 1.07. The number of hydrogen-bond donors (Lipinski definition) is 1. The van der Waals surface area contributed by atoms with E-state index in [4.69, 9.17) is 11.5 Å². The molecule has 1 aromatic heterocycles. The van der Waals surface area contributed by atoms with Crippen molar-refractivity contribution in [2.24, 2.45) is 0 Å². The number of aryl methyl sites for hydroxylation is 1. The molecule has 1 aromatic rings. The van der Waals surface area contributed by atoms with Crippen LogP contribution in [0.4, 0.5) is 0 Å². The van der Waals surface area contributed by atoms with Gasteiger partial charge in [0.25, 0.3) is 0 Å². The first-order valence-electron chi connectivity index (χ1n) is 3.31. The number of aromatic nitrogens is 1. The lowest BCUT2D eigenvalue weighted by molar-refractivity contribution is 0.0696. The maximum Gasteiger partial charge on any atom is 0.337 e. The molecule has 0 aliphatic carbocycles. The molecule has 3 heteroatoms. The highest BCUT2D eigenvalue weighted by atomic mass is 16.4. The zero-order valence-corrected chi connectivity index (χ0v) is 6.53. The van der Waals surface area contributed by atoms with Crippen LogP contribution in [-0.2, 0) is 0 Å². The van der Waals surface area contributed by atoms with E-state index in [1.54, 1.807) is 6.92 Å². The average Bonchev–Trinajstić information content (AvgIpc) is 2.04. The fourth-order valence-corrected chi connectivity index (χ4v) is 0.843. The van der Waals surface area contributed by atoms with E-state index < -0.39 is 5.97 Å². The molecule has 0 radical (unpaired) electrons. The molecule has 0 unspecified atom stereocenters. The first-order chi connectivity index (χ1) is 5.65. The van der Waals surface area contributed by atoms with Crippen molar-refractivity contribution in [2.45, 2.75) is 6.92 Å². The highest BCUT2D eigenvalue weighted by Gasteiger charge is 2.04. The third kappa shape index (κ3) is 1.43. The van der Waals surface area contributed by atoms with E-state index in [0.29, 0.717) is 11.3 Å². The second-order valence-corrected chi connectivity index (χ2v) is 2.34. The van der Waals surface area contributed by atoms with Crippen molar-refractivity contribution in [3.8, 4) is 12.3 Å². The topological polar surface area (TPSA) is 50.2 Å². The van der Waals surface area contributed by atoms with Gasteiger partial charge in [-0.15, -0.1) is 6.42 Å². The smallest absolute Gasteiger partial charge is 0.337 e. The summed E-state index contributed by atoms with van der Waals surface area (Å²) in [5.41, 5.74) is 1.35. The second kappa shape index (κ2) is 3.05. The molecule has 0 saturated carbocycles. The second-order valence-electron chi connectivity index (χ2n) is 2.34. The molecule has 3 nitrogen and oxygen atoms in total. The van der Waals surface area contributed by atoms with Crippen molar-refractivity contribution in [2.75, 3.05) is 0 Å². The maximum atomic E-state index is 10.5. The van der Waals surface area contributed by atoms with Gasteiger partial charge in [-0.25, -0.2) is 9.78 Å². The fraction of sp³-hybridized carbons (Fsp3) is 0.111. The van der Waals surface area contributed by atoms with Crippen LogP contribution in [-0.4, -0.2) is 16.1 Å². The first kappa shape index (κ1) is 8.28. The van der Waals surface area contributed by atoms with Crippen molar-refractivity contribution in [3.05, 3.63) is 29.1 Å². The van der Waals surface area contributed by atoms with Crippen LogP contribution < -0.4 is 0 Å². The quantitative estimate of drug-likeness (QED) is 0.627. The number of pyridine rings is 1. The van der Waals surface area contributed by atoms with Gasteiger partial charge in [0, 0.05) is 6.20 Å². The summed E-state index contributed by atoms with van der Waals surface area (Å²) in [7, 11) is 0. The summed E-state index contributed by atoms with van der Waals surface area (Å²) in [5, 5.41) is 8.58. The minimum atomic E-state index is -0.992. The Kier molecular flexibility index (Phi) is 2.11. The lowest BCUT2D eigenvalue weighted by atomic mass is 10.1. The number of carboxylic acids is 1. The first-order valence-corrected chi connectivity index (χ1v) is 3.31. The lowest BCUT2D eigenvalue weighted by Gasteiger charge is -1.98. The van der Waals surface area contributed by atoms with E-state index in [1.165, 1.54) is 12.3 Å². The van der Waals surface area contributed by atoms with E-state index in [1.807, 2.05) is 0 Å². The van der Waals surface area contributed by atoms with Crippen LogP contribution in [0.2, 0.25) is 0 Å². The van der Waals surface area contributed by atoms with Gasteiger partial charge in [0.15, 0.2) is 0 Å². The minimum Gasteiger partial charge on any atom is -0.478 e. The van der Waals surface area contributed by atoms with Crippen LogP contribution in [0, 0.1) is 19.3 Å². The summed E-state index contributed by atoms with van der Waals surface area (Å²) >= 11 is 0. The predicted molar refractivity (Wildman–Crippen MR) is 43.9 cm³/mol. The Hall–Kier alpha value is -1.82. The fourth-order valence-electron chi connectivity index (χ4n) is 0.843. The molecule has 0 fully saturated rings. The van der Waals surface area contributed by atoms with Crippen LogP contribution in [0.3, 0.4) is 0 Å². The van der Waals surface area contributed by atoms with Gasteiger partial charge in [-0.1, -0.05) is 0 Å². The number of carbonyl (C=O) groups is 1. The van der Waals surface area contributed by atoms with E-state index in [-0.39, 0.29) is 5.56 Å². The largest absolute Gasteiger partial charge is 0.478 e. The van der Waals surface area contributed by atoms with Gasteiger partial charge >= 0.3 is 5.97 Å². The number of terminal acetylenes is 1. The van der Waals surface area contributed by atoms with Gasteiger partial charge in [0.1, 0.15) is 5.69 Å². The standard InChI is InChI=1S/C9H7NO2/c1-3-8-6(2)4-7(5-10-8)9(11)12/h1,4-5H,2H3,(H,11,12). The lowest BCUT2D eigenvalue weighted by Crippen LogP contribution is -1.99. The number of rotatable bonds is 1. The molecule has 0 aromatic carbocycles. The number of carboxylic acid groups (broad SMARTS) is 1. The molecular weight excluding hydrogens is 154 g/mol. The molecule has 0 atom stereocenters. The van der Waals surface area contributed by atoms with Crippen molar-refractivity contribution in [1.82, 2.24) is 4.98 Å². The summed E-state index contributed by atoms with van der Waals surface area (Å²) in [6.45, 7) is 1.73. The summed E-state index contributed by atoms with van der Waals surface area (Å²) in [6.07, 6.45) is 6.37. The average molecular weight is 161 g/mol. The molecule has 12 heavy (non-hydrogen) atoms. The molecule has 0 bridgehead atoms. The van der Waals surface area contributed by atoms with E-state index in [9.17, 15) is 4.79 Å². The van der Waals surface area contributed by atoms with Crippen molar-refractivity contribution in [1.29, 1.82) is 0 Å². The summed E-state index contributed by atoms with van der Waals surface area (Å²) in [6, 6.07) is 1.50. The van der Waals surface area contributed by atoms with Gasteiger partial charge < -0.3 is 5.11 Å². The zero-order valence-electron chi connectivity index (χ0n) is 6.53. The molecule has 60 valence electrons. The Labute approximate surface area is 70.1 Å². The summed E-state index contributed by atoms with van der Waals surface area (Å²) < 4.78 is 0. The Morgan fingerprint density at radius 3 is 2.83 bits per heavy atom. The Bertz CT molecular complexity index is 363. The monoisotopic (exact) mass is 161 g/mol. The molecule has 0 spiro atoms. The van der Waals surface area contributed by atoms with E-state index >= 15 is 0 Å². The highest BCUT2D eigenvalue weighted by Crippen LogP contribution is 2.05. The third-order valence-electron chi connectivity index (χ3n) is 1.46. The molecular formula is C9H7NO2. The normalized spacial score (nSPS) is 9.00. The van der Waals surface area contributed by atoms with Crippen molar-refractivity contribution in [3.63, 3.8) is 0 Å². The number of aromatic carboxylic acids is 1. The Morgan fingerprint density at radius 1 is 1.75 bits per heavy atom. The molecule has 0 saturated heterocycles. The van der Waals surface area contributed by atoms with Gasteiger partial charge in [-0.05, 0) is 24.5 Å². The SMILES string of the molecule is C#Cc1ncc(C(=O)O)cc1C. The van der Waals surface area contributed by atoms with Crippen molar-refractivity contribution >= 4 is 5.97 Å². The van der Waals surface area contributed by atoms with Gasteiger partial charge in [0.2, 0.25) is 0 Å². The molecule has 1 rings (SSSR count). The Morgan fingerprint density at radius 2 is 2.42 bits per heavy atom. The van der Waals surface area contributed by atoms with Crippen LogP contribution in [0.1, 0.15) is 21.6 Å². The molecule has 1 heterocycles. The van der Waals surface area contributed by atoms with Crippen LogP contribution in [0.5, 0.6) is 0 Å². The van der Waals surface area contributed by atoms with Crippen LogP contribution in [0.15, 0.2) is 12.3 Å². The molecule has 0 amide bonds. The van der Waals surface area contributed by atoms with Crippen LogP contribution >= 0.6 is 0 Å². The molecule has 0 aliphatic heterocycles. The third-order valence-corrected chi connectivity index (χ3v) is 1.46. The maximum absolute atomic E-state index is 10.5. The van der Waals surface area contributed by atoms with Crippen LogP contribution in [0.25, 0.3) is 0 Å². The number of hydrogen-bond acceptors (Lipinski definition) is 2.